The Hall–Kier alpha value is -1.10. The van der Waals surface area contributed by atoms with Crippen molar-refractivity contribution in [3.8, 4) is 0 Å². The Morgan fingerprint density at radius 3 is 2.83 bits per heavy atom. The quantitative estimate of drug-likeness (QED) is 0.489. The highest BCUT2D eigenvalue weighted by molar-refractivity contribution is 6.01. The van der Waals surface area contributed by atoms with Crippen molar-refractivity contribution in [3.63, 3.8) is 0 Å². The van der Waals surface area contributed by atoms with Gasteiger partial charge >= 0.3 is 6.03 Å². The Balaban J connectivity index is 2.24. The molecule has 0 aromatic heterocycles. The number of hydrogen-bond donors (Lipinski definition) is 1. The molecular formula is C7H12N2O3. The zero-order valence-electron chi connectivity index (χ0n) is 7.00. The van der Waals surface area contributed by atoms with Crippen molar-refractivity contribution in [3.05, 3.63) is 0 Å². The van der Waals surface area contributed by atoms with Crippen LogP contribution in [0.5, 0.6) is 0 Å². The molecule has 12 heavy (non-hydrogen) atoms. The summed E-state index contributed by atoms with van der Waals surface area (Å²) in [6, 6.07) is -0.462. The molecule has 1 aliphatic heterocycles. The van der Waals surface area contributed by atoms with Gasteiger partial charge in [-0.25, -0.2) is 4.79 Å². The fraction of sp³-hybridized carbons (Fsp3) is 0.714. The van der Waals surface area contributed by atoms with Gasteiger partial charge in [-0.1, -0.05) is 13.3 Å². The van der Waals surface area contributed by atoms with E-state index in [2.05, 4.69) is 5.32 Å². The van der Waals surface area contributed by atoms with Crippen LogP contribution in [0.4, 0.5) is 4.79 Å². The summed E-state index contributed by atoms with van der Waals surface area (Å²) in [4.78, 5) is 26.5. The number of carbonyl (C=O) groups excluding carboxylic acids is 2. The molecule has 1 heterocycles. The van der Waals surface area contributed by atoms with Crippen LogP contribution >= 0.6 is 0 Å². The molecule has 0 radical (unpaired) electrons. The fourth-order valence-electron chi connectivity index (χ4n) is 0.847. The normalized spacial score (nSPS) is 16.9. The second-order valence-corrected chi connectivity index (χ2v) is 2.58. The Morgan fingerprint density at radius 1 is 1.58 bits per heavy atom. The van der Waals surface area contributed by atoms with Gasteiger partial charge in [0.1, 0.15) is 6.54 Å². The highest BCUT2D eigenvalue weighted by atomic mass is 16.7. The number of amides is 3. The summed E-state index contributed by atoms with van der Waals surface area (Å²) in [6.07, 6.45) is 1.89. The number of carbonyl (C=O) groups is 2. The first kappa shape index (κ1) is 8.99. The zero-order chi connectivity index (χ0) is 8.97. The zero-order valence-corrected chi connectivity index (χ0v) is 7.00. The molecule has 0 bridgehead atoms. The molecule has 1 saturated heterocycles. The number of hydrogen-bond acceptors (Lipinski definition) is 3. The van der Waals surface area contributed by atoms with Gasteiger partial charge in [-0.05, 0) is 6.42 Å². The highest BCUT2D eigenvalue weighted by Gasteiger charge is 2.27. The van der Waals surface area contributed by atoms with Crippen molar-refractivity contribution in [2.45, 2.75) is 19.8 Å². The number of urea groups is 1. The number of hydroxylamine groups is 2. The van der Waals surface area contributed by atoms with Crippen LogP contribution in [0.15, 0.2) is 0 Å². The van der Waals surface area contributed by atoms with E-state index in [-0.39, 0.29) is 12.5 Å². The number of rotatable bonds is 4. The molecule has 0 aliphatic carbocycles. The molecule has 1 fully saturated rings. The van der Waals surface area contributed by atoms with Crippen molar-refractivity contribution in [2.75, 3.05) is 13.2 Å². The van der Waals surface area contributed by atoms with Gasteiger partial charge in [-0.2, -0.15) is 5.06 Å². The molecule has 0 unspecified atom stereocenters. The largest absolute Gasteiger partial charge is 0.348 e. The van der Waals surface area contributed by atoms with Crippen molar-refractivity contribution in [1.29, 1.82) is 0 Å². The van der Waals surface area contributed by atoms with E-state index < -0.39 is 6.03 Å². The Kier molecular flexibility index (Phi) is 3.04. The van der Waals surface area contributed by atoms with Crippen LogP contribution in [0, 0.1) is 0 Å². The summed E-state index contributed by atoms with van der Waals surface area (Å²) < 4.78 is 0. The van der Waals surface area contributed by atoms with E-state index >= 15 is 0 Å². The molecule has 0 spiro atoms. The van der Waals surface area contributed by atoms with Crippen molar-refractivity contribution < 1.29 is 14.4 Å². The second-order valence-electron chi connectivity index (χ2n) is 2.58. The Bertz CT molecular complexity index is 193. The molecule has 1 rings (SSSR count). The lowest BCUT2D eigenvalue weighted by atomic mass is 10.4. The first-order valence-corrected chi connectivity index (χ1v) is 3.98. The number of imide groups is 1. The lowest BCUT2D eigenvalue weighted by Gasteiger charge is -2.11. The lowest BCUT2D eigenvalue weighted by Crippen LogP contribution is -2.28. The fourth-order valence-corrected chi connectivity index (χ4v) is 0.847. The summed E-state index contributed by atoms with van der Waals surface area (Å²) in [7, 11) is 0. The first-order chi connectivity index (χ1) is 5.74. The maximum Gasteiger partial charge on any atom is 0.348 e. The summed E-state index contributed by atoms with van der Waals surface area (Å²) in [5.74, 6) is -0.309. The van der Waals surface area contributed by atoms with Gasteiger partial charge < -0.3 is 0 Å². The van der Waals surface area contributed by atoms with Crippen molar-refractivity contribution in [2.24, 2.45) is 0 Å². The minimum atomic E-state index is -0.462. The summed E-state index contributed by atoms with van der Waals surface area (Å²) in [5.41, 5.74) is 0. The van der Waals surface area contributed by atoms with Crippen LogP contribution in [-0.4, -0.2) is 30.2 Å². The van der Waals surface area contributed by atoms with E-state index in [4.69, 9.17) is 4.84 Å². The first-order valence-electron chi connectivity index (χ1n) is 3.98. The average molecular weight is 172 g/mol. The molecule has 1 N–H and O–H groups in total. The minimum Gasteiger partial charge on any atom is -0.274 e. The molecule has 0 aromatic rings. The Labute approximate surface area is 70.6 Å². The van der Waals surface area contributed by atoms with Crippen LogP contribution < -0.4 is 5.32 Å². The van der Waals surface area contributed by atoms with Gasteiger partial charge in [-0.3, -0.25) is 14.9 Å². The van der Waals surface area contributed by atoms with E-state index in [0.29, 0.717) is 6.61 Å². The predicted molar refractivity (Wildman–Crippen MR) is 41.1 cm³/mol. The van der Waals surface area contributed by atoms with Crippen molar-refractivity contribution in [1.82, 2.24) is 10.4 Å². The van der Waals surface area contributed by atoms with Crippen LogP contribution in [0.2, 0.25) is 0 Å². The number of nitrogens with zero attached hydrogens (tertiary/aromatic N) is 1. The van der Waals surface area contributed by atoms with Crippen LogP contribution in [0.3, 0.4) is 0 Å². The number of unbranched alkanes of at least 4 members (excludes halogenated alkanes) is 1. The van der Waals surface area contributed by atoms with E-state index in [1.165, 1.54) is 0 Å². The van der Waals surface area contributed by atoms with E-state index in [0.717, 1.165) is 17.9 Å². The van der Waals surface area contributed by atoms with Gasteiger partial charge in [0.15, 0.2) is 0 Å². The van der Waals surface area contributed by atoms with Crippen LogP contribution in [0.1, 0.15) is 19.8 Å². The molecule has 0 saturated carbocycles. The molecule has 1 aliphatic rings. The third kappa shape index (κ3) is 2.20. The lowest BCUT2D eigenvalue weighted by molar-refractivity contribution is -0.130. The van der Waals surface area contributed by atoms with Gasteiger partial charge in [0.2, 0.25) is 5.91 Å². The topological polar surface area (TPSA) is 58.6 Å². The molecule has 68 valence electrons. The molecular weight excluding hydrogens is 160 g/mol. The third-order valence-corrected chi connectivity index (χ3v) is 1.51. The minimum absolute atomic E-state index is 0.0164. The SMILES string of the molecule is CCCCON1CC(=O)NC1=O. The summed E-state index contributed by atoms with van der Waals surface area (Å²) in [5, 5.41) is 3.17. The van der Waals surface area contributed by atoms with Crippen molar-refractivity contribution >= 4 is 11.9 Å². The van der Waals surface area contributed by atoms with E-state index in [1.54, 1.807) is 0 Å². The van der Waals surface area contributed by atoms with Gasteiger partial charge in [0, 0.05) is 0 Å². The summed E-state index contributed by atoms with van der Waals surface area (Å²) >= 11 is 0. The summed E-state index contributed by atoms with van der Waals surface area (Å²) in [6.45, 7) is 2.53. The Morgan fingerprint density at radius 2 is 2.33 bits per heavy atom. The predicted octanol–water partition coefficient (Wildman–Crippen LogP) is 0.270. The molecule has 3 amide bonds. The smallest absolute Gasteiger partial charge is 0.274 e. The van der Waals surface area contributed by atoms with Crippen LogP contribution in [-0.2, 0) is 9.63 Å². The third-order valence-electron chi connectivity index (χ3n) is 1.51. The average Bonchev–Trinajstić information content (AvgIpc) is 2.31. The maximum atomic E-state index is 10.8. The van der Waals surface area contributed by atoms with Gasteiger partial charge in [0.25, 0.3) is 0 Å². The molecule has 0 aromatic carbocycles. The standard InChI is InChI=1S/C7H12N2O3/c1-2-3-4-12-9-5-6(10)8-7(9)11/h2-5H2,1H3,(H,8,10,11). The van der Waals surface area contributed by atoms with E-state index in [1.807, 2.05) is 6.92 Å². The molecule has 5 heteroatoms. The van der Waals surface area contributed by atoms with E-state index in [9.17, 15) is 9.59 Å². The number of nitrogens with one attached hydrogen (secondary N) is 1. The maximum absolute atomic E-state index is 10.8. The van der Waals surface area contributed by atoms with Gasteiger partial charge in [0.05, 0.1) is 6.61 Å². The van der Waals surface area contributed by atoms with Crippen LogP contribution in [0.25, 0.3) is 0 Å². The molecule has 0 atom stereocenters. The molecule has 5 nitrogen and oxygen atoms in total. The second kappa shape index (κ2) is 4.06. The monoisotopic (exact) mass is 172 g/mol. The highest BCUT2D eigenvalue weighted by Crippen LogP contribution is 2.00. The van der Waals surface area contributed by atoms with Gasteiger partial charge in [-0.15, -0.1) is 0 Å².